The van der Waals surface area contributed by atoms with Crippen molar-refractivity contribution >= 4 is 0 Å². The number of fused-ring (bicyclic) bond motifs is 1. The van der Waals surface area contributed by atoms with E-state index in [9.17, 15) is 4.39 Å². The van der Waals surface area contributed by atoms with Crippen molar-refractivity contribution in [2.45, 2.75) is 32.2 Å². The van der Waals surface area contributed by atoms with Gasteiger partial charge in [0.25, 0.3) is 0 Å². The van der Waals surface area contributed by atoms with Crippen LogP contribution < -0.4 is 5.32 Å². The summed E-state index contributed by atoms with van der Waals surface area (Å²) in [5.41, 5.74) is 4.44. The van der Waals surface area contributed by atoms with Crippen LogP contribution in [0.15, 0.2) is 42.5 Å². The third-order valence-electron chi connectivity index (χ3n) is 4.08. The van der Waals surface area contributed by atoms with Gasteiger partial charge in [0.2, 0.25) is 0 Å². The molecule has 0 aliphatic heterocycles. The molecule has 0 fully saturated rings. The van der Waals surface area contributed by atoms with Gasteiger partial charge in [-0.2, -0.15) is 0 Å². The summed E-state index contributed by atoms with van der Waals surface area (Å²) in [6.45, 7) is 3.21. The topological polar surface area (TPSA) is 12.0 Å². The second kappa shape index (κ2) is 5.76. The first kappa shape index (κ1) is 13.3. The van der Waals surface area contributed by atoms with Crippen LogP contribution in [0.5, 0.6) is 0 Å². The van der Waals surface area contributed by atoms with E-state index in [1.165, 1.54) is 17.2 Å². The molecule has 1 nitrogen and oxygen atoms in total. The molecule has 0 bridgehead atoms. The minimum Gasteiger partial charge on any atom is -0.310 e. The van der Waals surface area contributed by atoms with Gasteiger partial charge in [0.15, 0.2) is 0 Å². The highest BCUT2D eigenvalue weighted by molar-refractivity contribution is 5.70. The Bertz CT molecular complexity index is 606. The smallest absolute Gasteiger partial charge is 0.131 e. The van der Waals surface area contributed by atoms with Crippen molar-refractivity contribution in [1.29, 1.82) is 0 Å². The molecule has 0 heterocycles. The van der Waals surface area contributed by atoms with Gasteiger partial charge in [0.05, 0.1) is 0 Å². The van der Waals surface area contributed by atoms with E-state index < -0.39 is 0 Å². The van der Waals surface area contributed by atoms with E-state index in [1.807, 2.05) is 24.3 Å². The summed E-state index contributed by atoms with van der Waals surface area (Å²) in [6, 6.07) is 13.8. The first-order valence-corrected chi connectivity index (χ1v) is 7.41. The molecular weight excluding hydrogens is 249 g/mol. The Hall–Kier alpha value is -1.67. The molecule has 1 unspecified atom stereocenters. The van der Waals surface area contributed by atoms with Crippen molar-refractivity contribution < 1.29 is 4.39 Å². The largest absolute Gasteiger partial charge is 0.310 e. The van der Waals surface area contributed by atoms with Gasteiger partial charge in [-0.05, 0) is 48.6 Å². The molecule has 0 saturated carbocycles. The van der Waals surface area contributed by atoms with Crippen LogP contribution >= 0.6 is 0 Å². The molecule has 0 radical (unpaired) electrons. The monoisotopic (exact) mass is 269 g/mol. The van der Waals surface area contributed by atoms with Gasteiger partial charge in [-0.1, -0.05) is 43.3 Å². The number of halogens is 1. The van der Waals surface area contributed by atoms with E-state index in [4.69, 9.17) is 0 Å². The fourth-order valence-corrected chi connectivity index (χ4v) is 3.12. The average molecular weight is 269 g/mol. The maximum atomic E-state index is 14.0. The van der Waals surface area contributed by atoms with Gasteiger partial charge >= 0.3 is 0 Å². The molecule has 3 rings (SSSR count). The molecule has 1 aliphatic carbocycles. The Balaban J connectivity index is 2.00. The van der Waals surface area contributed by atoms with Crippen molar-refractivity contribution in [2.75, 3.05) is 6.54 Å². The van der Waals surface area contributed by atoms with Crippen LogP contribution in [0.1, 0.15) is 36.9 Å². The summed E-state index contributed by atoms with van der Waals surface area (Å²) < 4.78 is 14.0. The predicted octanol–water partition coefficient (Wildman–Crippen LogP) is 4.48. The summed E-state index contributed by atoms with van der Waals surface area (Å²) in [7, 11) is 0. The molecule has 0 amide bonds. The van der Waals surface area contributed by atoms with Gasteiger partial charge in [-0.25, -0.2) is 4.39 Å². The Morgan fingerprint density at radius 3 is 2.70 bits per heavy atom. The van der Waals surface area contributed by atoms with E-state index >= 15 is 0 Å². The number of rotatable bonds is 4. The molecule has 2 aromatic rings. The zero-order chi connectivity index (χ0) is 13.9. The lowest BCUT2D eigenvalue weighted by atomic mass is 9.96. The Morgan fingerprint density at radius 2 is 1.90 bits per heavy atom. The molecule has 0 aromatic heterocycles. The standard InChI is InChI=1S/C18H20FN/c1-2-12-20-18-11-10-14-13(7-5-8-16(14)18)15-6-3-4-9-17(15)19/h3-9,18,20H,2,10-12H2,1H3. The second-order valence-electron chi connectivity index (χ2n) is 5.40. The number of benzene rings is 2. The Morgan fingerprint density at radius 1 is 1.10 bits per heavy atom. The highest BCUT2D eigenvalue weighted by Gasteiger charge is 2.24. The fraction of sp³-hybridized carbons (Fsp3) is 0.333. The molecule has 20 heavy (non-hydrogen) atoms. The fourth-order valence-electron chi connectivity index (χ4n) is 3.12. The molecule has 1 N–H and O–H groups in total. The van der Waals surface area contributed by atoms with Crippen LogP contribution in [-0.2, 0) is 6.42 Å². The number of hydrogen-bond donors (Lipinski definition) is 1. The summed E-state index contributed by atoms with van der Waals surface area (Å²) in [5, 5.41) is 3.59. The van der Waals surface area contributed by atoms with Gasteiger partial charge in [-0.3, -0.25) is 0 Å². The quantitative estimate of drug-likeness (QED) is 0.863. The summed E-state index contributed by atoms with van der Waals surface area (Å²) in [4.78, 5) is 0. The van der Waals surface area contributed by atoms with Crippen LogP contribution in [0.4, 0.5) is 4.39 Å². The van der Waals surface area contributed by atoms with Gasteiger partial charge in [0.1, 0.15) is 5.82 Å². The van der Waals surface area contributed by atoms with E-state index in [-0.39, 0.29) is 5.82 Å². The first-order chi connectivity index (χ1) is 9.81. The second-order valence-corrected chi connectivity index (χ2v) is 5.40. The maximum Gasteiger partial charge on any atom is 0.131 e. The Kier molecular flexibility index (Phi) is 3.83. The molecule has 1 atom stereocenters. The molecule has 0 spiro atoms. The zero-order valence-corrected chi connectivity index (χ0v) is 11.8. The van der Waals surface area contributed by atoms with Gasteiger partial charge in [-0.15, -0.1) is 0 Å². The van der Waals surface area contributed by atoms with Crippen LogP contribution in [0, 0.1) is 5.82 Å². The molecule has 2 aromatic carbocycles. The van der Waals surface area contributed by atoms with Crippen molar-refractivity contribution in [1.82, 2.24) is 5.32 Å². The van der Waals surface area contributed by atoms with Gasteiger partial charge < -0.3 is 5.32 Å². The van der Waals surface area contributed by atoms with Crippen molar-refractivity contribution in [3.63, 3.8) is 0 Å². The lowest BCUT2D eigenvalue weighted by Crippen LogP contribution is -2.19. The molecular formula is C18H20FN. The zero-order valence-electron chi connectivity index (χ0n) is 11.8. The van der Waals surface area contributed by atoms with Gasteiger partial charge in [0, 0.05) is 11.6 Å². The first-order valence-electron chi connectivity index (χ1n) is 7.41. The van der Waals surface area contributed by atoms with E-state index in [0.717, 1.165) is 36.9 Å². The van der Waals surface area contributed by atoms with Crippen molar-refractivity contribution in [3.8, 4) is 11.1 Å². The van der Waals surface area contributed by atoms with Crippen molar-refractivity contribution in [3.05, 3.63) is 59.4 Å². The van der Waals surface area contributed by atoms with Crippen LogP contribution in [-0.4, -0.2) is 6.54 Å². The lowest BCUT2D eigenvalue weighted by molar-refractivity contribution is 0.529. The normalized spacial score (nSPS) is 17.2. The third kappa shape index (κ3) is 2.36. The van der Waals surface area contributed by atoms with E-state index in [2.05, 4.69) is 18.3 Å². The highest BCUT2D eigenvalue weighted by atomic mass is 19.1. The molecule has 1 aliphatic rings. The van der Waals surface area contributed by atoms with E-state index in [1.54, 1.807) is 6.07 Å². The SMILES string of the molecule is CCCNC1CCc2c(-c3ccccc3F)cccc21. The lowest BCUT2D eigenvalue weighted by Gasteiger charge is -2.14. The summed E-state index contributed by atoms with van der Waals surface area (Å²) >= 11 is 0. The molecule has 2 heteroatoms. The van der Waals surface area contributed by atoms with Crippen LogP contribution in [0.2, 0.25) is 0 Å². The molecule has 104 valence electrons. The van der Waals surface area contributed by atoms with Crippen LogP contribution in [0.3, 0.4) is 0 Å². The minimum absolute atomic E-state index is 0.133. The maximum absolute atomic E-state index is 14.0. The predicted molar refractivity (Wildman–Crippen MR) is 81.2 cm³/mol. The van der Waals surface area contributed by atoms with Crippen molar-refractivity contribution in [2.24, 2.45) is 0 Å². The molecule has 0 saturated heterocycles. The van der Waals surface area contributed by atoms with E-state index in [0.29, 0.717) is 6.04 Å². The highest BCUT2D eigenvalue weighted by Crippen LogP contribution is 2.38. The number of hydrogen-bond acceptors (Lipinski definition) is 1. The van der Waals surface area contributed by atoms with Crippen LogP contribution in [0.25, 0.3) is 11.1 Å². The average Bonchev–Trinajstić information content (AvgIpc) is 2.89. The summed E-state index contributed by atoms with van der Waals surface area (Å²) in [6.07, 6.45) is 3.28. The summed E-state index contributed by atoms with van der Waals surface area (Å²) in [5.74, 6) is -0.133. The Labute approximate surface area is 119 Å². The number of nitrogens with one attached hydrogen (secondary N) is 1. The third-order valence-corrected chi connectivity index (χ3v) is 4.08. The minimum atomic E-state index is -0.133.